The highest BCUT2D eigenvalue weighted by atomic mass is 79.9. The van der Waals surface area contributed by atoms with Crippen LogP contribution in [-0.2, 0) is 10.0 Å². The smallest absolute Gasteiger partial charge is 0.244 e. The summed E-state index contributed by atoms with van der Waals surface area (Å²) in [5, 5.41) is 3.50. The number of nitrogens with one attached hydrogen (secondary N) is 1. The van der Waals surface area contributed by atoms with Gasteiger partial charge in [0.05, 0.1) is 5.02 Å². The van der Waals surface area contributed by atoms with E-state index in [1.165, 1.54) is 4.31 Å². The van der Waals surface area contributed by atoms with E-state index in [9.17, 15) is 8.42 Å². The molecular weight excluding hydrogens is 378 g/mol. The van der Waals surface area contributed by atoms with Crippen LogP contribution in [0, 0.1) is 0 Å². The van der Waals surface area contributed by atoms with Gasteiger partial charge in [0.15, 0.2) is 0 Å². The standard InChI is InChI=1S/C13H17BrClN3O2S/c14-10-1-2-13(12(15)7-10)21(19,20)18-5-3-17(4-6-18)11-8-16-9-11/h1-2,7,11,16H,3-6,8-9H2. The van der Waals surface area contributed by atoms with E-state index in [0.29, 0.717) is 19.1 Å². The molecule has 0 unspecified atom stereocenters. The first-order chi connectivity index (χ1) is 9.98. The summed E-state index contributed by atoms with van der Waals surface area (Å²) in [6, 6.07) is 5.44. The van der Waals surface area contributed by atoms with Gasteiger partial charge < -0.3 is 5.32 Å². The molecule has 0 bridgehead atoms. The van der Waals surface area contributed by atoms with Crippen LogP contribution in [0.3, 0.4) is 0 Å². The molecule has 0 aliphatic carbocycles. The number of piperazine rings is 1. The molecule has 2 aliphatic rings. The van der Waals surface area contributed by atoms with Gasteiger partial charge in [0, 0.05) is 49.8 Å². The lowest BCUT2D eigenvalue weighted by atomic mass is 10.1. The fourth-order valence-corrected chi connectivity index (χ4v) is 5.10. The number of hydrogen-bond donors (Lipinski definition) is 1. The molecule has 3 rings (SSSR count). The van der Waals surface area contributed by atoms with Gasteiger partial charge in [0.1, 0.15) is 4.90 Å². The van der Waals surface area contributed by atoms with Gasteiger partial charge in [-0.1, -0.05) is 27.5 Å². The Balaban J connectivity index is 1.73. The van der Waals surface area contributed by atoms with Crippen molar-refractivity contribution in [2.45, 2.75) is 10.9 Å². The van der Waals surface area contributed by atoms with Gasteiger partial charge in [-0.25, -0.2) is 8.42 Å². The molecule has 5 nitrogen and oxygen atoms in total. The summed E-state index contributed by atoms with van der Waals surface area (Å²) in [7, 11) is -3.51. The first-order valence-corrected chi connectivity index (χ1v) is 9.49. The maximum Gasteiger partial charge on any atom is 0.244 e. The van der Waals surface area contributed by atoms with E-state index >= 15 is 0 Å². The Kier molecular flexibility index (Phi) is 4.59. The normalized spacial score (nSPS) is 22.2. The minimum atomic E-state index is -3.51. The topological polar surface area (TPSA) is 52.7 Å². The second-order valence-corrected chi connectivity index (χ2v) is 8.56. The van der Waals surface area contributed by atoms with Crippen LogP contribution in [0.15, 0.2) is 27.6 Å². The average molecular weight is 395 g/mol. The first-order valence-electron chi connectivity index (χ1n) is 6.88. The van der Waals surface area contributed by atoms with Crippen LogP contribution in [0.1, 0.15) is 0 Å². The van der Waals surface area contributed by atoms with Gasteiger partial charge >= 0.3 is 0 Å². The van der Waals surface area contributed by atoms with Crippen molar-refractivity contribution >= 4 is 37.6 Å². The molecule has 0 amide bonds. The Morgan fingerprint density at radius 1 is 1.19 bits per heavy atom. The van der Waals surface area contributed by atoms with Crippen LogP contribution in [0.4, 0.5) is 0 Å². The number of hydrogen-bond acceptors (Lipinski definition) is 4. The van der Waals surface area contributed by atoms with E-state index < -0.39 is 10.0 Å². The predicted octanol–water partition coefficient (Wildman–Crippen LogP) is 1.38. The van der Waals surface area contributed by atoms with Crippen molar-refractivity contribution < 1.29 is 8.42 Å². The van der Waals surface area contributed by atoms with Crippen LogP contribution < -0.4 is 5.32 Å². The summed E-state index contributed by atoms with van der Waals surface area (Å²) >= 11 is 9.38. The maximum atomic E-state index is 12.7. The zero-order valence-corrected chi connectivity index (χ0v) is 14.6. The molecule has 116 valence electrons. The molecule has 2 fully saturated rings. The average Bonchev–Trinajstić information content (AvgIpc) is 2.37. The molecule has 0 saturated carbocycles. The molecule has 1 aromatic rings. The maximum absolute atomic E-state index is 12.7. The summed E-state index contributed by atoms with van der Waals surface area (Å²) in [4.78, 5) is 2.54. The molecule has 1 aromatic carbocycles. The number of rotatable bonds is 3. The van der Waals surface area contributed by atoms with Crippen molar-refractivity contribution in [3.8, 4) is 0 Å². The van der Waals surface area contributed by atoms with Gasteiger partial charge in [-0.15, -0.1) is 0 Å². The lowest BCUT2D eigenvalue weighted by Gasteiger charge is -2.42. The fourth-order valence-electron chi connectivity index (χ4n) is 2.66. The second kappa shape index (κ2) is 6.14. The second-order valence-electron chi connectivity index (χ2n) is 5.33. The molecule has 0 atom stereocenters. The molecule has 0 spiro atoms. The summed E-state index contributed by atoms with van der Waals surface area (Å²) < 4.78 is 27.7. The zero-order chi connectivity index (χ0) is 15.0. The van der Waals surface area contributed by atoms with Gasteiger partial charge in [-0.2, -0.15) is 4.31 Å². The van der Waals surface area contributed by atoms with Crippen molar-refractivity contribution in [3.63, 3.8) is 0 Å². The summed E-state index contributed by atoms with van der Waals surface area (Å²) in [6.45, 7) is 4.60. The molecule has 0 radical (unpaired) electrons. The van der Waals surface area contributed by atoms with Crippen LogP contribution >= 0.6 is 27.5 Å². The first kappa shape index (κ1) is 15.7. The molecule has 2 heterocycles. The lowest BCUT2D eigenvalue weighted by Crippen LogP contribution is -2.62. The van der Waals surface area contributed by atoms with E-state index in [2.05, 4.69) is 26.1 Å². The van der Waals surface area contributed by atoms with Crippen LogP contribution in [-0.4, -0.2) is 62.9 Å². The Morgan fingerprint density at radius 2 is 1.86 bits per heavy atom. The van der Waals surface area contributed by atoms with Crippen molar-refractivity contribution in [2.24, 2.45) is 0 Å². The number of nitrogens with zero attached hydrogens (tertiary/aromatic N) is 2. The third-order valence-electron chi connectivity index (χ3n) is 4.06. The SMILES string of the molecule is O=S(=O)(c1ccc(Br)cc1Cl)N1CCN(C2CNC2)CC1. The van der Waals surface area contributed by atoms with Crippen molar-refractivity contribution in [3.05, 3.63) is 27.7 Å². The fraction of sp³-hybridized carbons (Fsp3) is 0.538. The third kappa shape index (κ3) is 3.13. The van der Waals surface area contributed by atoms with Crippen LogP contribution in [0.25, 0.3) is 0 Å². The van der Waals surface area contributed by atoms with E-state index in [1.807, 2.05) is 0 Å². The Bertz CT molecular complexity index is 628. The lowest BCUT2D eigenvalue weighted by molar-refractivity contribution is 0.103. The zero-order valence-electron chi connectivity index (χ0n) is 11.4. The largest absolute Gasteiger partial charge is 0.314 e. The van der Waals surface area contributed by atoms with Gasteiger partial charge in [-0.05, 0) is 18.2 Å². The molecule has 2 saturated heterocycles. The van der Waals surface area contributed by atoms with Crippen molar-refractivity contribution in [1.82, 2.24) is 14.5 Å². The highest BCUT2D eigenvalue weighted by Gasteiger charge is 2.33. The summed E-state index contributed by atoms with van der Waals surface area (Å²) in [6.07, 6.45) is 0. The third-order valence-corrected chi connectivity index (χ3v) is 6.94. The molecule has 2 aliphatic heterocycles. The Labute approximate surface area is 138 Å². The van der Waals surface area contributed by atoms with Crippen LogP contribution in [0.2, 0.25) is 5.02 Å². The van der Waals surface area contributed by atoms with Gasteiger partial charge in [0.2, 0.25) is 10.0 Å². The minimum absolute atomic E-state index is 0.186. The molecule has 8 heteroatoms. The monoisotopic (exact) mass is 393 g/mol. The van der Waals surface area contributed by atoms with E-state index in [0.717, 1.165) is 30.7 Å². The van der Waals surface area contributed by atoms with Crippen molar-refractivity contribution in [1.29, 1.82) is 0 Å². The summed E-state index contributed by atoms with van der Waals surface area (Å²) in [5.41, 5.74) is 0. The van der Waals surface area contributed by atoms with E-state index in [4.69, 9.17) is 11.6 Å². The quantitative estimate of drug-likeness (QED) is 0.841. The van der Waals surface area contributed by atoms with Crippen molar-refractivity contribution in [2.75, 3.05) is 39.3 Å². The van der Waals surface area contributed by atoms with Gasteiger partial charge in [0.25, 0.3) is 0 Å². The van der Waals surface area contributed by atoms with Gasteiger partial charge in [-0.3, -0.25) is 4.90 Å². The molecular formula is C13H17BrClN3O2S. The van der Waals surface area contributed by atoms with E-state index in [-0.39, 0.29) is 9.92 Å². The Hall–Kier alpha value is -0.180. The predicted molar refractivity (Wildman–Crippen MR) is 86.1 cm³/mol. The number of sulfonamides is 1. The van der Waals surface area contributed by atoms with E-state index in [1.54, 1.807) is 18.2 Å². The highest BCUT2D eigenvalue weighted by Crippen LogP contribution is 2.28. The van der Waals surface area contributed by atoms with Crippen LogP contribution in [0.5, 0.6) is 0 Å². The summed E-state index contributed by atoms with van der Waals surface area (Å²) in [5.74, 6) is 0. The number of benzene rings is 1. The highest BCUT2D eigenvalue weighted by molar-refractivity contribution is 9.10. The molecule has 21 heavy (non-hydrogen) atoms. The minimum Gasteiger partial charge on any atom is -0.314 e. The number of halogens is 2. The molecule has 1 N–H and O–H groups in total. The molecule has 0 aromatic heterocycles. The Morgan fingerprint density at radius 3 is 2.38 bits per heavy atom.